The van der Waals surface area contributed by atoms with Crippen LogP contribution in [-0.4, -0.2) is 20.8 Å². The molecular weight excluding hydrogens is 260 g/mol. The van der Waals surface area contributed by atoms with E-state index < -0.39 is 0 Å². The van der Waals surface area contributed by atoms with Gasteiger partial charge in [-0.1, -0.05) is 20.8 Å². The zero-order valence-electron chi connectivity index (χ0n) is 13.8. The van der Waals surface area contributed by atoms with Gasteiger partial charge in [0.15, 0.2) is 0 Å². The monoisotopic (exact) mass is 286 g/mol. The highest BCUT2D eigenvalue weighted by Gasteiger charge is 2.13. The van der Waals surface area contributed by atoms with Crippen LogP contribution < -0.4 is 5.32 Å². The van der Waals surface area contributed by atoms with Crippen LogP contribution in [0, 0.1) is 13.8 Å². The quantitative estimate of drug-likeness (QED) is 0.884. The molecule has 0 radical (unpaired) electrons. The molecule has 4 nitrogen and oxygen atoms in total. The third-order valence-corrected chi connectivity index (χ3v) is 3.61. The first-order valence-electron chi connectivity index (χ1n) is 7.74. The lowest BCUT2D eigenvalue weighted by atomic mass is 10.0. The summed E-state index contributed by atoms with van der Waals surface area (Å²) in [5.41, 5.74) is 5.91. The maximum atomic E-state index is 4.65. The molecule has 0 aliphatic rings. The lowest BCUT2D eigenvalue weighted by Gasteiger charge is -2.09. The highest BCUT2D eigenvalue weighted by molar-refractivity contribution is 5.68. The lowest BCUT2D eigenvalue weighted by molar-refractivity contribution is 0.583. The summed E-state index contributed by atoms with van der Waals surface area (Å²) in [5, 5.41) is 8.09. The highest BCUT2D eigenvalue weighted by Crippen LogP contribution is 2.27. The molecule has 21 heavy (non-hydrogen) atoms. The fourth-order valence-corrected chi connectivity index (χ4v) is 2.59. The SMILES string of the molecule is CCCn1nc(C)c(-c2cncc(CNC(C)C)c2)c1C. The first-order chi connectivity index (χ1) is 10.0. The molecule has 0 spiro atoms. The van der Waals surface area contributed by atoms with E-state index in [2.05, 4.69) is 60.8 Å². The van der Waals surface area contributed by atoms with Crippen molar-refractivity contribution in [3.05, 3.63) is 35.4 Å². The number of hydrogen-bond acceptors (Lipinski definition) is 3. The summed E-state index contributed by atoms with van der Waals surface area (Å²) in [4.78, 5) is 4.40. The van der Waals surface area contributed by atoms with Crippen LogP contribution in [0.4, 0.5) is 0 Å². The molecule has 0 saturated carbocycles. The van der Waals surface area contributed by atoms with E-state index in [9.17, 15) is 0 Å². The molecule has 0 aromatic carbocycles. The molecule has 114 valence electrons. The predicted octanol–water partition coefficient (Wildman–Crippen LogP) is 3.47. The van der Waals surface area contributed by atoms with Gasteiger partial charge in [0, 0.05) is 48.3 Å². The van der Waals surface area contributed by atoms with E-state index >= 15 is 0 Å². The summed E-state index contributed by atoms with van der Waals surface area (Å²) >= 11 is 0. The van der Waals surface area contributed by atoms with Gasteiger partial charge in [-0.25, -0.2) is 0 Å². The van der Waals surface area contributed by atoms with Crippen LogP contribution >= 0.6 is 0 Å². The minimum atomic E-state index is 0.476. The summed E-state index contributed by atoms with van der Waals surface area (Å²) in [5.74, 6) is 0. The molecule has 0 saturated heterocycles. The summed E-state index contributed by atoms with van der Waals surface area (Å²) < 4.78 is 2.10. The molecule has 0 aliphatic carbocycles. The van der Waals surface area contributed by atoms with E-state index in [1.807, 2.05) is 12.4 Å². The minimum absolute atomic E-state index is 0.476. The summed E-state index contributed by atoms with van der Waals surface area (Å²) in [6.07, 6.45) is 4.96. The number of pyridine rings is 1. The average Bonchev–Trinajstić information content (AvgIpc) is 2.72. The Morgan fingerprint density at radius 3 is 2.67 bits per heavy atom. The van der Waals surface area contributed by atoms with Gasteiger partial charge < -0.3 is 5.32 Å². The molecule has 0 bridgehead atoms. The summed E-state index contributed by atoms with van der Waals surface area (Å²) in [6, 6.07) is 2.69. The number of hydrogen-bond donors (Lipinski definition) is 1. The van der Waals surface area contributed by atoms with Crippen molar-refractivity contribution in [1.82, 2.24) is 20.1 Å². The van der Waals surface area contributed by atoms with Crippen molar-refractivity contribution in [3.63, 3.8) is 0 Å². The third-order valence-electron chi connectivity index (χ3n) is 3.61. The zero-order chi connectivity index (χ0) is 15.4. The molecule has 4 heteroatoms. The maximum absolute atomic E-state index is 4.65. The van der Waals surface area contributed by atoms with Gasteiger partial charge in [0.05, 0.1) is 5.69 Å². The fourth-order valence-electron chi connectivity index (χ4n) is 2.59. The van der Waals surface area contributed by atoms with Crippen LogP contribution in [0.3, 0.4) is 0 Å². The largest absolute Gasteiger partial charge is 0.310 e. The van der Waals surface area contributed by atoms with Crippen molar-refractivity contribution in [3.8, 4) is 11.1 Å². The Balaban J connectivity index is 2.31. The maximum Gasteiger partial charge on any atom is 0.0675 e. The molecule has 0 aliphatic heterocycles. The average molecular weight is 286 g/mol. The van der Waals surface area contributed by atoms with E-state index in [4.69, 9.17) is 0 Å². The summed E-state index contributed by atoms with van der Waals surface area (Å²) in [7, 11) is 0. The van der Waals surface area contributed by atoms with E-state index in [0.29, 0.717) is 6.04 Å². The fraction of sp³-hybridized carbons (Fsp3) is 0.529. The Hall–Kier alpha value is -1.68. The van der Waals surface area contributed by atoms with Crippen molar-refractivity contribution in [2.24, 2.45) is 0 Å². The number of aryl methyl sites for hydroxylation is 2. The van der Waals surface area contributed by atoms with Crippen LogP contribution in [0.1, 0.15) is 44.1 Å². The number of nitrogens with zero attached hydrogens (tertiary/aromatic N) is 3. The van der Waals surface area contributed by atoms with Crippen molar-refractivity contribution < 1.29 is 0 Å². The predicted molar refractivity (Wildman–Crippen MR) is 87.2 cm³/mol. The second-order valence-corrected chi connectivity index (χ2v) is 5.89. The van der Waals surface area contributed by atoms with Gasteiger partial charge in [0.2, 0.25) is 0 Å². The van der Waals surface area contributed by atoms with Gasteiger partial charge >= 0.3 is 0 Å². The van der Waals surface area contributed by atoms with Crippen LogP contribution in [0.25, 0.3) is 11.1 Å². The number of rotatable bonds is 6. The first-order valence-corrected chi connectivity index (χ1v) is 7.74. The first kappa shape index (κ1) is 15.7. The molecular formula is C17H26N4. The Labute approximate surface area is 127 Å². The Morgan fingerprint density at radius 1 is 1.24 bits per heavy atom. The molecule has 0 atom stereocenters. The smallest absolute Gasteiger partial charge is 0.0675 e. The Kier molecular flexibility index (Phi) is 5.12. The van der Waals surface area contributed by atoms with Gasteiger partial charge in [0.25, 0.3) is 0 Å². The van der Waals surface area contributed by atoms with Crippen LogP contribution in [0.5, 0.6) is 0 Å². The molecule has 2 aromatic heterocycles. The molecule has 2 heterocycles. The summed E-state index contributed by atoms with van der Waals surface area (Å²) in [6.45, 7) is 12.5. The van der Waals surface area contributed by atoms with Crippen LogP contribution in [-0.2, 0) is 13.1 Å². The number of aromatic nitrogens is 3. The van der Waals surface area contributed by atoms with E-state index in [1.54, 1.807) is 0 Å². The topological polar surface area (TPSA) is 42.7 Å². The number of nitrogens with one attached hydrogen (secondary N) is 1. The molecule has 0 unspecified atom stereocenters. The lowest BCUT2D eigenvalue weighted by Crippen LogP contribution is -2.21. The van der Waals surface area contributed by atoms with Crippen LogP contribution in [0.2, 0.25) is 0 Å². The van der Waals surface area contributed by atoms with E-state index in [0.717, 1.165) is 30.8 Å². The van der Waals surface area contributed by atoms with Gasteiger partial charge in [-0.15, -0.1) is 0 Å². The highest BCUT2D eigenvalue weighted by atomic mass is 15.3. The second kappa shape index (κ2) is 6.85. The van der Waals surface area contributed by atoms with E-state index in [1.165, 1.54) is 16.8 Å². The van der Waals surface area contributed by atoms with Crippen molar-refractivity contribution in [2.75, 3.05) is 0 Å². The second-order valence-electron chi connectivity index (χ2n) is 5.89. The molecule has 0 fully saturated rings. The van der Waals surface area contributed by atoms with Crippen molar-refractivity contribution in [2.45, 2.75) is 60.2 Å². The molecule has 0 amide bonds. The molecule has 2 rings (SSSR count). The molecule has 2 aromatic rings. The van der Waals surface area contributed by atoms with Gasteiger partial charge in [0.1, 0.15) is 0 Å². The Morgan fingerprint density at radius 2 is 2.00 bits per heavy atom. The normalized spacial score (nSPS) is 11.3. The van der Waals surface area contributed by atoms with Crippen molar-refractivity contribution in [1.29, 1.82) is 0 Å². The Bertz CT molecular complexity index is 599. The van der Waals surface area contributed by atoms with Crippen LogP contribution in [0.15, 0.2) is 18.5 Å². The van der Waals surface area contributed by atoms with Crippen molar-refractivity contribution >= 4 is 0 Å². The zero-order valence-corrected chi connectivity index (χ0v) is 13.8. The van der Waals surface area contributed by atoms with Gasteiger partial charge in [-0.05, 0) is 31.9 Å². The minimum Gasteiger partial charge on any atom is -0.310 e. The van der Waals surface area contributed by atoms with Gasteiger partial charge in [-0.2, -0.15) is 5.10 Å². The van der Waals surface area contributed by atoms with E-state index in [-0.39, 0.29) is 0 Å². The van der Waals surface area contributed by atoms with Gasteiger partial charge in [-0.3, -0.25) is 9.67 Å². The molecule has 1 N–H and O–H groups in total. The third kappa shape index (κ3) is 3.70. The standard InChI is InChI=1S/C17H26N4/c1-6-7-21-14(5)17(13(4)20-21)16-8-15(9-18-11-16)10-19-12(2)3/h8-9,11-12,19H,6-7,10H2,1-5H3.